The van der Waals surface area contributed by atoms with Crippen molar-refractivity contribution >= 4 is 23.2 Å². The van der Waals surface area contributed by atoms with Crippen molar-refractivity contribution in [3.63, 3.8) is 0 Å². The summed E-state index contributed by atoms with van der Waals surface area (Å²) in [6.07, 6.45) is -4.46. The highest BCUT2D eigenvalue weighted by atomic mass is 32.1. The Labute approximate surface area is 197 Å². The van der Waals surface area contributed by atoms with Crippen LogP contribution in [0.2, 0.25) is 0 Å². The molecule has 0 aliphatic carbocycles. The Kier molecular flexibility index (Phi) is 6.98. The van der Waals surface area contributed by atoms with Crippen LogP contribution in [-0.4, -0.2) is 64.5 Å². The molecule has 1 unspecified atom stereocenters. The Morgan fingerprint density at radius 1 is 1.21 bits per heavy atom. The molecule has 0 bridgehead atoms. The van der Waals surface area contributed by atoms with Crippen molar-refractivity contribution in [3.05, 3.63) is 58.1 Å². The van der Waals surface area contributed by atoms with Crippen LogP contribution < -0.4 is 5.32 Å². The first-order valence-corrected chi connectivity index (χ1v) is 11.5. The predicted octanol–water partition coefficient (Wildman–Crippen LogP) is 3.45. The molecule has 1 fully saturated rings. The molecule has 2 aromatic heterocycles. The van der Waals surface area contributed by atoms with Crippen molar-refractivity contribution < 1.29 is 27.3 Å². The van der Waals surface area contributed by atoms with Gasteiger partial charge in [0.1, 0.15) is 0 Å². The van der Waals surface area contributed by atoms with Crippen molar-refractivity contribution in [1.29, 1.82) is 0 Å². The monoisotopic (exact) mass is 493 g/mol. The van der Waals surface area contributed by atoms with Crippen LogP contribution in [0.25, 0.3) is 11.4 Å². The fraction of sp³-hybridized carbons (Fsp3) is 0.364. The number of alkyl halides is 3. The second kappa shape index (κ2) is 9.94. The lowest BCUT2D eigenvalue weighted by molar-refractivity contribution is -0.137. The molecule has 4 rings (SSSR count). The van der Waals surface area contributed by atoms with Gasteiger partial charge in [-0.25, -0.2) is 0 Å². The van der Waals surface area contributed by atoms with Gasteiger partial charge in [-0.3, -0.25) is 14.5 Å². The highest BCUT2D eigenvalue weighted by Crippen LogP contribution is 2.32. The largest absolute Gasteiger partial charge is 0.416 e. The van der Waals surface area contributed by atoms with Crippen LogP contribution in [0.3, 0.4) is 0 Å². The normalized spacial score (nSPS) is 15.8. The first kappa shape index (κ1) is 23.9. The number of halogens is 3. The molecule has 1 saturated heterocycles. The molecular formula is C22H22F3N5O3S. The summed E-state index contributed by atoms with van der Waals surface area (Å²) in [4.78, 5) is 32.5. The highest BCUT2D eigenvalue weighted by Gasteiger charge is 2.31. The first-order chi connectivity index (χ1) is 16.2. The second-order valence-electron chi connectivity index (χ2n) is 7.82. The van der Waals surface area contributed by atoms with Gasteiger partial charge < -0.3 is 14.7 Å². The summed E-state index contributed by atoms with van der Waals surface area (Å²) in [6.45, 7) is 3.81. The van der Waals surface area contributed by atoms with Crippen molar-refractivity contribution in [2.75, 3.05) is 32.7 Å². The minimum atomic E-state index is -4.46. The summed E-state index contributed by atoms with van der Waals surface area (Å²) in [6, 6.07) is 6.19. The summed E-state index contributed by atoms with van der Waals surface area (Å²) in [7, 11) is 0. The molecule has 1 aliphatic rings. The number of carbonyl (C=O) groups is 2. The van der Waals surface area contributed by atoms with E-state index in [0.29, 0.717) is 31.7 Å². The zero-order valence-electron chi connectivity index (χ0n) is 18.2. The molecule has 0 radical (unpaired) electrons. The van der Waals surface area contributed by atoms with E-state index in [0.717, 1.165) is 12.1 Å². The van der Waals surface area contributed by atoms with Gasteiger partial charge >= 0.3 is 6.18 Å². The number of carbonyl (C=O) groups excluding carboxylic acids is 2. The van der Waals surface area contributed by atoms with E-state index in [1.54, 1.807) is 21.7 Å². The lowest BCUT2D eigenvalue weighted by Gasteiger charge is -2.36. The number of amides is 2. The van der Waals surface area contributed by atoms with E-state index in [2.05, 4.69) is 20.4 Å². The lowest BCUT2D eigenvalue weighted by atomic mass is 10.1. The molecule has 1 atom stereocenters. The molecule has 3 aromatic rings. The summed E-state index contributed by atoms with van der Waals surface area (Å²) in [5.74, 6) is -0.0753. The molecule has 3 heterocycles. The van der Waals surface area contributed by atoms with Crippen molar-refractivity contribution in [3.8, 4) is 11.4 Å². The average Bonchev–Trinajstić information content (AvgIpc) is 3.54. The van der Waals surface area contributed by atoms with Crippen LogP contribution in [0.4, 0.5) is 13.2 Å². The van der Waals surface area contributed by atoms with Gasteiger partial charge in [0.15, 0.2) is 0 Å². The number of hydrogen-bond donors (Lipinski definition) is 1. The molecule has 0 spiro atoms. The van der Waals surface area contributed by atoms with Gasteiger partial charge in [-0.1, -0.05) is 17.3 Å². The summed E-state index contributed by atoms with van der Waals surface area (Å²) in [5, 5.41) is 9.99. The van der Waals surface area contributed by atoms with Crippen molar-refractivity contribution in [2.24, 2.45) is 0 Å². The number of hydrogen-bond acceptors (Lipinski definition) is 7. The van der Waals surface area contributed by atoms with E-state index in [-0.39, 0.29) is 41.7 Å². The van der Waals surface area contributed by atoms with Gasteiger partial charge in [-0.15, -0.1) is 0 Å². The molecular weight excluding hydrogens is 471 g/mol. The number of nitrogens with zero attached hydrogens (tertiary/aromatic N) is 4. The third-order valence-corrected chi connectivity index (χ3v) is 6.33. The third kappa shape index (κ3) is 5.45. The van der Waals surface area contributed by atoms with Crippen LogP contribution in [0.15, 0.2) is 45.6 Å². The number of thiophene rings is 1. The molecule has 1 aromatic carbocycles. The highest BCUT2D eigenvalue weighted by molar-refractivity contribution is 7.08. The SMILES string of the molecule is CC(c1nc(-c2cccc(C(F)(F)F)c2)no1)N1CCN(C(=O)CNC(=O)c2ccsc2)CC1. The van der Waals surface area contributed by atoms with E-state index in [1.807, 2.05) is 6.92 Å². The number of nitrogens with one attached hydrogen (secondary N) is 1. The minimum Gasteiger partial charge on any atom is -0.343 e. The molecule has 1 aliphatic heterocycles. The van der Waals surface area contributed by atoms with Gasteiger partial charge in [-0.05, 0) is 30.5 Å². The average molecular weight is 494 g/mol. The maximum absolute atomic E-state index is 13.0. The fourth-order valence-corrected chi connectivity index (χ4v) is 4.27. The first-order valence-electron chi connectivity index (χ1n) is 10.6. The van der Waals surface area contributed by atoms with Crippen LogP contribution >= 0.6 is 11.3 Å². The summed E-state index contributed by atoms with van der Waals surface area (Å²) in [5.41, 5.74) is -0.0332. The molecule has 1 N–H and O–H groups in total. The Bertz CT molecular complexity index is 1140. The number of benzene rings is 1. The van der Waals surface area contributed by atoms with Gasteiger partial charge in [0, 0.05) is 42.7 Å². The number of aromatic nitrogens is 2. The number of piperazine rings is 1. The zero-order chi connectivity index (χ0) is 24.3. The predicted molar refractivity (Wildman–Crippen MR) is 118 cm³/mol. The molecule has 180 valence electrons. The molecule has 12 heteroatoms. The Morgan fingerprint density at radius 3 is 2.65 bits per heavy atom. The molecule has 34 heavy (non-hydrogen) atoms. The van der Waals surface area contributed by atoms with E-state index in [1.165, 1.54) is 23.5 Å². The van der Waals surface area contributed by atoms with Crippen LogP contribution in [0.1, 0.15) is 34.8 Å². The zero-order valence-corrected chi connectivity index (χ0v) is 19.0. The smallest absolute Gasteiger partial charge is 0.343 e. The van der Waals surface area contributed by atoms with Crippen molar-refractivity contribution in [2.45, 2.75) is 19.1 Å². The standard InChI is InChI=1S/C22H22F3N5O3S/c1-14(21-27-19(28-33-21)15-3-2-4-17(11-15)22(23,24)25)29-6-8-30(9-7-29)18(31)12-26-20(32)16-5-10-34-13-16/h2-5,10-11,13-14H,6-9,12H2,1H3,(H,26,32). The maximum atomic E-state index is 13.0. The van der Waals surface area contributed by atoms with E-state index in [9.17, 15) is 22.8 Å². The van der Waals surface area contributed by atoms with Gasteiger partial charge in [-0.2, -0.15) is 29.5 Å². The summed E-state index contributed by atoms with van der Waals surface area (Å²) < 4.78 is 44.3. The van der Waals surface area contributed by atoms with E-state index < -0.39 is 11.7 Å². The van der Waals surface area contributed by atoms with E-state index >= 15 is 0 Å². The number of rotatable bonds is 6. The van der Waals surface area contributed by atoms with Crippen LogP contribution in [0.5, 0.6) is 0 Å². The molecule has 8 nitrogen and oxygen atoms in total. The van der Waals surface area contributed by atoms with Gasteiger partial charge in [0.2, 0.25) is 17.6 Å². The molecule has 0 saturated carbocycles. The second-order valence-corrected chi connectivity index (χ2v) is 8.60. The van der Waals surface area contributed by atoms with Crippen LogP contribution in [0, 0.1) is 0 Å². The maximum Gasteiger partial charge on any atom is 0.416 e. The fourth-order valence-electron chi connectivity index (χ4n) is 3.63. The van der Waals surface area contributed by atoms with Gasteiger partial charge in [0.25, 0.3) is 5.91 Å². The topological polar surface area (TPSA) is 91.6 Å². The minimum absolute atomic E-state index is 0.0752. The quantitative estimate of drug-likeness (QED) is 0.566. The van der Waals surface area contributed by atoms with Gasteiger partial charge in [0.05, 0.1) is 18.2 Å². The van der Waals surface area contributed by atoms with E-state index in [4.69, 9.17) is 4.52 Å². The molecule has 2 amide bonds. The third-order valence-electron chi connectivity index (χ3n) is 5.65. The Morgan fingerprint density at radius 2 is 1.97 bits per heavy atom. The summed E-state index contributed by atoms with van der Waals surface area (Å²) >= 11 is 1.41. The Balaban J connectivity index is 1.31. The van der Waals surface area contributed by atoms with Crippen LogP contribution in [-0.2, 0) is 11.0 Å². The van der Waals surface area contributed by atoms with Crippen molar-refractivity contribution in [1.82, 2.24) is 25.3 Å². The lowest BCUT2D eigenvalue weighted by Crippen LogP contribution is -2.51. The Hall–Kier alpha value is -3.25.